The summed E-state index contributed by atoms with van der Waals surface area (Å²) in [5.41, 5.74) is -4.44. The van der Waals surface area contributed by atoms with Gasteiger partial charge in [0, 0.05) is 13.5 Å². The minimum atomic E-state index is -2.12. The Morgan fingerprint density at radius 3 is 2.88 bits per heavy atom. The van der Waals surface area contributed by atoms with Gasteiger partial charge >= 0.3 is 11.7 Å². The van der Waals surface area contributed by atoms with Crippen molar-refractivity contribution in [2.24, 2.45) is 0 Å². The number of likely N-dealkylation sites (N-methyl/N-ethyl adjacent to an activating group) is 1. The number of carbonyl (C=O) groups is 1. The van der Waals surface area contributed by atoms with Crippen LogP contribution in [-0.2, 0) is 20.1 Å². The van der Waals surface area contributed by atoms with E-state index in [1.165, 1.54) is 14.0 Å². The molecule has 1 aromatic heterocycles. The zero-order chi connectivity index (χ0) is 18.1. The number of hydroxylamine groups is 2. The summed E-state index contributed by atoms with van der Waals surface area (Å²) in [4.78, 5) is 42.9. The van der Waals surface area contributed by atoms with E-state index < -0.39 is 47.5 Å². The highest BCUT2D eigenvalue weighted by Crippen LogP contribution is 2.36. The van der Waals surface area contributed by atoms with Gasteiger partial charge in [-0.15, -0.1) is 0 Å². The number of H-pyrrole nitrogens is 1. The van der Waals surface area contributed by atoms with Gasteiger partial charge in [-0.1, -0.05) is 0 Å². The fraction of sp³-hybridized carbons (Fsp3) is 0.615. The van der Waals surface area contributed by atoms with Gasteiger partial charge in [0.2, 0.25) is 5.82 Å². The van der Waals surface area contributed by atoms with Crippen LogP contribution in [0, 0.1) is 5.82 Å². The van der Waals surface area contributed by atoms with E-state index in [4.69, 9.17) is 14.7 Å². The summed E-state index contributed by atoms with van der Waals surface area (Å²) in [6.45, 7) is 0.869. The molecule has 3 atom stereocenters. The van der Waals surface area contributed by atoms with Crippen molar-refractivity contribution in [3.63, 3.8) is 0 Å². The van der Waals surface area contributed by atoms with Gasteiger partial charge in [0.15, 0.2) is 0 Å². The summed E-state index contributed by atoms with van der Waals surface area (Å²) >= 11 is 0. The monoisotopic (exact) mass is 347 g/mol. The first-order valence-corrected chi connectivity index (χ1v) is 7.17. The summed E-state index contributed by atoms with van der Waals surface area (Å²) in [5.74, 6) is -2.30. The Bertz CT molecular complexity index is 733. The second-order valence-electron chi connectivity index (χ2n) is 5.27. The molecule has 2 heterocycles. The summed E-state index contributed by atoms with van der Waals surface area (Å²) < 4.78 is 19.1. The summed E-state index contributed by atoms with van der Waals surface area (Å²) in [5, 5.41) is 20.0. The lowest BCUT2D eigenvalue weighted by molar-refractivity contribution is -0.241. The third kappa shape index (κ3) is 2.98. The topological polar surface area (TPSA) is 134 Å². The number of aromatic amines is 1. The Balaban J connectivity index is 2.59. The Kier molecular flexibility index (Phi) is 5.18. The predicted molar refractivity (Wildman–Crippen MR) is 76.2 cm³/mol. The third-order valence-electron chi connectivity index (χ3n) is 3.76. The van der Waals surface area contributed by atoms with Crippen LogP contribution in [0.4, 0.5) is 4.39 Å². The minimum absolute atomic E-state index is 0.0402. The maximum atomic E-state index is 13.6. The van der Waals surface area contributed by atoms with E-state index in [1.807, 2.05) is 0 Å². The molecule has 134 valence electrons. The number of ether oxygens (including phenoxy) is 1. The van der Waals surface area contributed by atoms with Crippen LogP contribution in [0.2, 0.25) is 0 Å². The zero-order valence-corrected chi connectivity index (χ0v) is 13.1. The van der Waals surface area contributed by atoms with Crippen LogP contribution in [0.3, 0.4) is 0 Å². The smallest absolute Gasteiger partial charge is 0.362 e. The number of nitrogens with one attached hydrogen (secondary N) is 1. The highest BCUT2D eigenvalue weighted by molar-refractivity contribution is 5.77. The number of aliphatic hydroxyl groups excluding tert-OH is 2. The van der Waals surface area contributed by atoms with Crippen molar-refractivity contribution in [2.75, 3.05) is 20.3 Å². The molecule has 1 aliphatic heterocycles. The van der Waals surface area contributed by atoms with E-state index in [9.17, 15) is 23.9 Å². The van der Waals surface area contributed by atoms with Crippen LogP contribution in [0.5, 0.6) is 0 Å². The van der Waals surface area contributed by atoms with Crippen molar-refractivity contribution in [1.29, 1.82) is 0 Å². The molecule has 0 saturated carbocycles. The van der Waals surface area contributed by atoms with Crippen molar-refractivity contribution in [2.45, 2.75) is 31.2 Å². The van der Waals surface area contributed by atoms with E-state index in [2.05, 4.69) is 0 Å². The second-order valence-corrected chi connectivity index (χ2v) is 5.27. The van der Waals surface area contributed by atoms with Gasteiger partial charge in [0.05, 0.1) is 31.6 Å². The molecular formula is C13H18FN3O7. The molecule has 11 heteroatoms. The Hall–Kier alpha value is -2.08. The summed E-state index contributed by atoms with van der Waals surface area (Å²) in [7, 11) is 1.37. The lowest BCUT2D eigenvalue weighted by Crippen LogP contribution is -2.51. The van der Waals surface area contributed by atoms with Gasteiger partial charge in [0.25, 0.3) is 11.3 Å². The summed E-state index contributed by atoms with van der Waals surface area (Å²) in [6.07, 6.45) is -1.05. The van der Waals surface area contributed by atoms with Crippen molar-refractivity contribution in [3.05, 3.63) is 32.9 Å². The number of aromatic nitrogens is 2. The van der Waals surface area contributed by atoms with Crippen LogP contribution in [0.1, 0.15) is 13.3 Å². The van der Waals surface area contributed by atoms with Crippen molar-refractivity contribution in [1.82, 2.24) is 14.6 Å². The molecule has 1 aromatic rings. The molecule has 10 nitrogen and oxygen atoms in total. The molecule has 0 unspecified atom stereocenters. The molecule has 0 radical (unpaired) electrons. The molecule has 24 heavy (non-hydrogen) atoms. The van der Waals surface area contributed by atoms with Gasteiger partial charge in [-0.05, 0) is 6.92 Å². The fourth-order valence-electron chi connectivity index (χ4n) is 2.58. The lowest BCUT2D eigenvalue weighted by Gasteiger charge is -2.27. The molecule has 0 aromatic carbocycles. The van der Waals surface area contributed by atoms with Crippen molar-refractivity contribution >= 4 is 5.97 Å². The molecule has 2 rings (SSSR count). The molecule has 0 spiro atoms. The Morgan fingerprint density at radius 1 is 1.62 bits per heavy atom. The zero-order valence-electron chi connectivity index (χ0n) is 13.1. The molecular weight excluding hydrogens is 329 g/mol. The van der Waals surface area contributed by atoms with Crippen LogP contribution in [0.25, 0.3) is 0 Å². The number of esters is 1. The molecule has 0 bridgehead atoms. The molecule has 1 saturated heterocycles. The van der Waals surface area contributed by atoms with E-state index >= 15 is 0 Å². The van der Waals surface area contributed by atoms with Gasteiger partial charge < -0.3 is 14.9 Å². The largest absolute Gasteiger partial charge is 0.462 e. The fourth-order valence-corrected chi connectivity index (χ4v) is 2.58. The number of rotatable bonds is 5. The van der Waals surface area contributed by atoms with E-state index in [0.717, 1.165) is 5.06 Å². The van der Waals surface area contributed by atoms with Gasteiger partial charge in [-0.3, -0.25) is 19.2 Å². The first-order valence-electron chi connectivity index (χ1n) is 7.17. The maximum Gasteiger partial charge on any atom is 0.362 e. The maximum absolute atomic E-state index is 13.6. The number of aliphatic hydroxyl groups is 2. The predicted octanol–water partition coefficient (Wildman–Crippen LogP) is -2.12. The van der Waals surface area contributed by atoms with E-state index in [1.54, 1.807) is 4.98 Å². The number of carbonyl (C=O) groups excluding carboxylic acids is 1. The molecule has 0 aliphatic carbocycles. The van der Waals surface area contributed by atoms with Crippen molar-refractivity contribution < 1.29 is 29.0 Å². The highest BCUT2D eigenvalue weighted by atomic mass is 19.1. The van der Waals surface area contributed by atoms with Crippen LogP contribution in [0.15, 0.2) is 15.8 Å². The Morgan fingerprint density at radius 2 is 2.29 bits per heavy atom. The van der Waals surface area contributed by atoms with Gasteiger partial charge in [-0.2, -0.15) is 9.45 Å². The quantitative estimate of drug-likeness (QED) is 0.515. The number of hydrogen-bond acceptors (Lipinski definition) is 8. The first kappa shape index (κ1) is 18.3. The molecule has 0 amide bonds. The van der Waals surface area contributed by atoms with E-state index in [0.29, 0.717) is 10.8 Å². The molecule has 3 N–H and O–H groups in total. The number of hydrogen-bond donors (Lipinski definition) is 3. The first-order chi connectivity index (χ1) is 11.3. The van der Waals surface area contributed by atoms with Gasteiger partial charge in [0.1, 0.15) is 0 Å². The minimum Gasteiger partial charge on any atom is -0.462 e. The number of halogens is 1. The van der Waals surface area contributed by atoms with Crippen LogP contribution < -0.4 is 11.2 Å². The molecule has 1 aliphatic rings. The lowest BCUT2D eigenvalue weighted by atomic mass is 10.0. The second kappa shape index (κ2) is 6.81. The average Bonchev–Trinajstić information content (AvgIpc) is 2.89. The standard InChI is InChI=1S/C13H18FN3O7/c1-3-23-11(21)13(4-8(9(19)6-18)16(2)24-13)17-5-7(14)10(20)15-12(17)22/h5,8-9,18-19H,3-4,6H2,1-2H3,(H,15,20,22)/t8-,9+,13-/m0/s1. The normalized spacial score (nSPS) is 25.6. The SMILES string of the molecule is CCOC(=O)[C@]1(n2cc(F)c(=O)[nH]c2=O)C[C@@H]([C@H](O)CO)N(C)O1. The summed E-state index contributed by atoms with van der Waals surface area (Å²) in [6, 6.07) is -0.874. The van der Waals surface area contributed by atoms with Gasteiger partial charge in [-0.25, -0.2) is 9.59 Å². The van der Waals surface area contributed by atoms with Crippen LogP contribution >= 0.6 is 0 Å². The average molecular weight is 347 g/mol. The van der Waals surface area contributed by atoms with Crippen molar-refractivity contribution in [3.8, 4) is 0 Å². The van der Waals surface area contributed by atoms with Crippen LogP contribution in [-0.4, -0.2) is 63.2 Å². The Labute approximate surface area is 135 Å². The highest BCUT2D eigenvalue weighted by Gasteiger charge is 2.55. The van der Waals surface area contributed by atoms with E-state index in [-0.39, 0.29) is 13.0 Å². The third-order valence-corrected chi connectivity index (χ3v) is 3.76. The molecule has 1 fully saturated rings. The number of nitrogens with zero attached hydrogens (tertiary/aromatic N) is 2.